The second-order valence-electron chi connectivity index (χ2n) is 4.84. The van der Waals surface area contributed by atoms with Gasteiger partial charge in [0.25, 0.3) is 11.6 Å². The van der Waals surface area contributed by atoms with Gasteiger partial charge in [0.2, 0.25) is 0 Å². The average molecular weight is 314 g/mol. The molecule has 1 aromatic carbocycles. The first-order valence-electron chi connectivity index (χ1n) is 6.58. The fraction of sp³-hybridized carbons (Fsp3) is 0.462. The molecule has 21 heavy (non-hydrogen) atoms. The van der Waals surface area contributed by atoms with Crippen molar-refractivity contribution in [2.45, 2.75) is 12.5 Å². The number of amides is 1. The number of rotatable bonds is 2. The number of carbonyl (C=O) groups excluding carboxylic acids is 1. The van der Waals surface area contributed by atoms with Gasteiger partial charge in [-0.15, -0.1) is 12.4 Å². The molecule has 0 spiro atoms. The summed E-state index contributed by atoms with van der Waals surface area (Å²) in [7, 11) is 0. The summed E-state index contributed by atoms with van der Waals surface area (Å²) in [6.07, 6.45) is 0.00669. The molecule has 1 N–H and O–H groups in total. The molecule has 0 aromatic heterocycles. The molecule has 1 aromatic rings. The van der Waals surface area contributed by atoms with Gasteiger partial charge in [-0.3, -0.25) is 14.9 Å². The number of halogens is 1. The van der Waals surface area contributed by atoms with Gasteiger partial charge in [0.05, 0.1) is 22.8 Å². The van der Waals surface area contributed by atoms with Crippen LogP contribution < -0.4 is 10.2 Å². The zero-order chi connectivity index (χ0) is 14.1. The van der Waals surface area contributed by atoms with Crippen molar-refractivity contribution in [2.24, 2.45) is 0 Å². The van der Waals surface area contributed by atoms with Crippen molar-refractivity contribution in [1.29, 1.82) is 0 Å². The minimum absolute atomic E-state index is 0. The Morgan fingerprint density at radius 2 is 2.29 bits per heavy atom. The molecule has 1 saturated heterocycles. The summed E-state index contributed by atoms with van der Waals surface area (Å²) in [5.74, 6) is -0.128. The van der Waals surface area contributed by atoms with Crippen LogP contribution in [0.5, 0.6) is 0 Å². The molecule has 1 amide bonds. The summed E-state index contributed by atoms with van der Waals surface area (Å²) in [6, 6.07) is 4.84. The van der Waals surface area contributed by atoms with Gasteiger partial charge in [0, 0.05) is 25.7 Å². The lowest BCUT2D eigenvalue weighted by molar-refractivity contribution is -0.385. The monoisotopic (exact) mass is 313 g/mol. The van der Waals surface area contributed by atoms with Crippen molar-refractivity contribution in [3.8, 4) is 0 Å². The van der Waals surface area contributed by atoms with Gasteiger partial charge in [-0.05, 0) is 12.5 Å². The number of hydrogen-bond donors (Lipinski definition) is 1. The number of anilines is 1. The predicted octanol–water partition coefficient (Wildman–Crippen LogP) is 0.894. The molecule has 0 bridgehead atoms. The minimum atomic E-state index is -0.506. The number of morpholine rings is 1. The van der Waals surface area contributed by atoms with Crippen LogP contribution in [0.15, 0.2) is 18.2 Å². The van der Waals surface area contributed by atoms with E-state index >= 15 is 0 Å². The van der Waals surface area contributed by atoms with Gasteiger partial charge in [-0.1, -0.05) is 6.07 Å². The Hall–Kier alpha value is -1.70. The quantitative estimate of drug-likeness (QED) is 0.647. The van der Waals surface area contributed by atoms with Gasteiger partial charge >= 0.3 is 0 Å². The number of nitro benzene ring substituents is 1. The molecule has 0 radical (unpaired) electrons. The van der Waals surface area contributed by atoms with E-state index in [1.54, 1.807) is 17.0 Å². The van der Waals surface area contributed by atoms with E-state index in [2.05, 4.69) is 5.32 Å². The van der Waals surface area contributed by atoms with Crippen LogP contribution in [0.2, 0.25) is 0 Å². The fourth-order valence-corrected chi connectivity index (χ4v) is 2.71. The number of nitrogens with one attached hydrogen (secondary N) is 1. The Morgan fingerprint density at radius 3 is 2.95 bits per heavy atom. The summed E-state index contributed by atoms with van der Waals surface area (Å²) in [5, 5.41) is 14.1. The molecule has 114 valence electrons. The maximum atomic E-state index is 12.4. The third-order valence-corrected chi connectivity index (χ3v) is 3.67. The molecule has 2 aliphatic rings. The first-order valence-corrected chi connectivity index (χ1v) is 6.58. The second kappa shape index (κ2) is 6.38. The van der Waals surface area contributed by atoms with Crippen molar-refractivity contribution in [3.63, 3.8) is 0 Å². The van der Waals surface area contributed by atoms with E-state index in [0.29, 0.717) is 37.4 Å². The van der Waals surface area contributed by atoms with Crippen LogP contribution in [-0.2, 0) is 16.0 Å². The van der Waals surface area contributed by atoms with Crippen molar-refractivity contribution < 1.29 is 14.5 Å². The summed E-state index contributed by atoms with van der Waals surface area (Å²) < 4.78 is 5.46. The standard InChI is InChI=1S/C13H15N3O4.ClH/c17-13(12-8-14-5-7-20-12)15-6-4-9-10(15)2-1-3-11(9)16(18)19;/h1-3,12,14H,4-8H2;1H. The molecule has 1 atom stereocenters. The third kappa shape index (κ3) is 2.85. The Labute approximate surface area is 127 Å². The van der Waals surface area contributed by atoms with E-state index in [4.69, 9.17) is 4.74 Å². The van der Waals surface area contributed by atoms with E-state index in [0.717, 1.165) is 6.54 Å². The summed E-state index contributed by atoms with van der Waals surface area (Å²) in [4.78, 5) is 24.6. The first-order chi connectivity index (χ1) is 9.68. The molecule has 2 aliphatic heterocycles. The van der Waals surface area contributed by atoms with Crippen molar-refractivity contribution in [2.75, 3.05) is 31.1 Å². The van der Waals surface area contributed by atoms with Crippen LogP contribution in [0.1, 0.15) is 5.56 Å². The molecular formula is C13H16ClN3O4. The molecular weight excluding hydrogens is 298 g/mol. The lowest BCUT2D eigenvalue weighted by Crippen LogP contribution is -2.49. The first kappa shape index (κ1) is 15.7. The van der Waals surface area contributed by atoms with Gasteiger partial charge < -0.3 is 15.0 Å². The van der Waals surface area contributed by atoms with Crippen molar-refractivity contribution >= 4 is 29.7 Å². The number of nitrogens with zero attached hydrogens (tertiary/aromatic N) is 2. The highest BCUT2D eigenvalue weighted by Gasteiger charge is 2.34. The summed E-state index contributed by atoms with van der Waals surface area (Å²) in [5.41, 5.74) is 1.36. The van der Waals surface area contributed by atoms with Crippen molar-refractivity contribution in [1.82, 2.24) is 5.32 Å². The van der Waals surface area contributed by atoms with E-state index in [-0.39, 0.29) is 24.0 Å². The number of fused-ring (bicyclic) bond motifs is 1. The lowest BCUT2D eigenvalue weighted by atomic mass is 10.1. The van der Waals surface area contributed by atoms with Gasteiger partial charge in [-0.25, -0.2) is 0 Å². The van der Waals surface area contributed by atoms with E-state index in [9.17, 15) is 14.9 Å². The number of benzene rings is 1. The van der Waals surface area contributed by atoms with E-state index in [1.807, 2.05) is 0 Å². The highest BCUT2D eigenvalue weighted by Crippen LogP contribution is 2.35. The van der Waals surface area contributed by atoms with Crippen molar-refractivity contribution in [3.05, 3.63) is 33.9 Å². The smallest absolute Gasteiger partial charge is 0.274 e. The van der Waals surface area contributed by atoms with Crippen LogP contribution in [0.25, 0.3) is 0 Å². The molecule has 8 heteroatoms. The molecule has 1 fully saturated rings. The maximum absolute atomic E-state index is 12.4. The van der Waals surface area contributed by atoms with Crippen LogP contribution in [0.4, 0.5) is 11.4 Å². The van der Waals surface area contributed by atoms with Crippen LogP contribution in [0, 0.1) is 10.1 Å². The minimum Gasteiger partial charge on any atom is -0.366 e. The van der Waals surface area contributed by atoms with Gasteiger partial charge in [0.1, 0.15) is 6.10 Å². The SMILES string of the molecule is Cl.O=C(C1CNCCO1)N1CCc2c1cccc2[N+](=O)[O-]. The summed E-state index contributed by atoms with van der Waals surface area (Å²) in [6.45, 7) is 2.20. The molecule has 3 rings (SSSR count). The predicted molar refractivity (Wildman–Crippen MR) is 79.0 cm³/mol. The Morgan fingerprint density at radius 1 is 1.48 bits per heavy atom. The van der Waals surface area contributed by atoms with Crippen LogP contribution in [-0.4, -0.2) is 43.2 Å². The Bertz CT molecular complexity index is 560. The average Bonchev–Trinajstić information content (AvgIpc) is 2.91. The Balaban J connectivity index is 0.00000161. The number of nitro groups is 1. The van der Waals surface area contributed by atoms with Gasteiger partial charge in [-0.2, -0.15) is 0 Å². The molecule has 0 saturated carbocycles. The number of hydrogen-bond acceptors (Lipinski definition) is 5. The third-order valence-electron chi connectivity index (χ3n) is 3.67. The lowest BCUT2D eigenvalue weighted by Gasteiger charge is -2.27. The normalized spacial score (nSPS) is 20.6. The van der Waals surface area contributed by atoms with E-state index in [1.165, 1.54) is 6.07 Å². The number of carbonyl (C=O) groups is 1. The van der Waals surface area contributed by atoms with E-state index < -0.39 is 11.0 Å². The number of ether oxygens (including phenoxy) is 1. The largest absolute Gasteiger partial charge is 0.366 e. The second-order valence-corrected chi connectivity index (χ2v) is 4.84. The molecule has 7 nitrogen and oxygen atoms in total. The highest BCUT2D eigenvalue weighted by atomic mass is 35.5. The maximum Gasteiger partial charge on any atom is 0.274 e. The van der Waals surface area contributed by atoms with Crippen LogP contribution >= 0.6 is 12.4 Å². The summed E-state index contributed by atoms with van der Waals surface area (Å²) >= 11 is 0. The Kier molecular flexibility index (Phi) is 4.76. The zero-order valence-corrected chi connectivity index (χ0v) is 12.1. The van der Waals surface area contributed by atoms with Crippen LogP contribution in [0.3, 0.4) is 0 Å². The molecule has 2 heterocycles. The van der Waals surface area contributed by atoms with Gasteiger partial charge in [0.15, 0.2) is 0 Å². The molecule has 0 aliphatic carbocycles. The zero-order valence-electron chi connectivity index (χ0n) is 11.3. The highest BCUT2D eigenvalue weighted by molar-refractivity contribution is 5.99. The molecule has 1 unspecified atom stereocenters. The fourth-order valence-electron chi connectivity index (χ4n) is 2.71. The topological polar surface area (TPSA) is 84.7 Å².